The number of thiazole rings is 1. The third kappa shape index (κ3) is 1.57. The summed E-state index contributed by atoms with van der Waals surface area (Å²) in [5.74, 6) is 0. The van der Waals surface area contributed by atoms with E-state index in [4.69, 9.17) is 9.85 Å². The molecule has 0 radical (unpaired) electrons. The molecule has 0 bridgehead atoms. The molecule has 5 nitrogen and oxygen atoms in total. The Morgan fingerprint density at radius 3 is 3.18 bits per heavy atom. The molecule has 3 aromatic rings. The van der Waals surface area contributed by atoms with Gasteiger partial charge in [0, 0.05) is 11.2 Å². The van der Waals surface area contributed by atoms with Crippen LogP contribution in [0.4, 0.5) is 5.13 Å². The Balaban J connectivity index is 2.22. The molecule has 86 valence electrons. The molecule has 0 aliphatic heterocycles. The van der Waals surface area contributed by atoms with Gasteiger partial charge in [-0.05, 0) is 18.5 Å². The predicted octanol–water partition coefficient (Wildman–Crippen LogP) is 1.98. The van der Waals surface area contributed by atoms with Gasteiger partial charge in [0.15, 0.2) is 5.13 Å². The molecule has 2 N–H and O–H groups in total. The van der Waals surface area contributed by atoms with E-state index in [0.29, 0.717) is 22.0 Å². The van der Waals surface area contributed by atoms with Crippen molar-refractivity contribution in [3.05, 3.63) is 24.0 Å². The number of fused-ring (bicyclic) bond motifs is 1. The molecule has 3 rings (SSSR count). The first-order chi connectivity index (χ1) is 9.36. The summed E-state index contributed by atoms with van der Waals surface area (Å²) < 4.78 is 25.1. The van der Waals surface area contributed by atoms with Gasteiger partial charge >= 0.3 is 0 Å². The molecule has 0 saturated heterocycles. The summed E-state index contributed by atoms with van der Waals surface area (Å²) in [4.78, 5) is 8.40. The number of nitrogens with zero attached hydrogens (tertiary/aromatic N) is 4. The second-order valence-electron chi connectivity index (χ2n) is 3.62. The summed E-state index contributed by atoms with van der Waals surface area (Å²) in [6, 6.07) is 1.79. The largest absolute Gasteiger partial charge is 0.375 e. The van der Waals surface area contributed by atoms with E-state index in [9.17, 15) is 0 Å². The third-order valence-electron chi connectivity index (χ3n) is 2.47. The fourth-order valence-electron chi connectivity index (χ4n) is 1.72. The Kier molecular flexibility index (Phi) is 1.53. The second-order valence-corrected chi connectivity index (χ2v) is 4.68. The van der Waals surface area contributed by atoms with Crippen LogP contribution in [0.3, 0.4) is 0 Å². The average molecular weight is 248 g/mol. The molecule has 0 fully saturated rings. The molecular formula is C11H11N5S. The lowest BCUT2D eigenvalue weighted by molar-refractivity contribution is 0.773. The van der Waals surface area contributed by atoms with Crippen LogP contribution < -0.4 is 5.73 Å². The zero-order valence-electron chi connectivity index (χ0n) is 12.0. The number of hydrogen-bond acceptors (Lipinski definition) is 5. The number of aromatic nitrogens is 4. The Hall–Kier alpha value is -1.95. The van der Waals surface area contributed by atoms with Crippen molar-refractivity contribution in [1.29, 1.82) is 0 Å². The zero-order chi connectivity index (χ0) is 14.5. The van der Waals surface area contributed by atoms with Crippen LogP contribution in [0.5, 0.6) is 0 Å². The van der Waals surface area contributed by atoms with Gasteiger partial charge in [-0.15, -0.1) is 0 Å². The van der Waals surface area contributed by atoms with Gasteiger partial charge in [0.1, 0.15) is 5.52 Å². The Bertz CT molecular complexity index is 789. The van der Waals surface area contributed by atoms with E-state index in [1.807, 2.05) is 0 Å². The van der Waals surface area contributed by atoms with E-state index in [1.54, 1.807) is 19.3 Å². The first-order valence-electron chi connectivity index (χ1n) is 6.41. The molecule has 0 atom stereocenters. The quantitative estimate of drug-likeness (QED) is 0.715. The van der Waals surface area contributed by atoms with E-state index >= 15 is 0 Å². The molecule has 0 aromatic carbocycles. The Morgan fingerprint density at radius 2 is 2.35 bits per heavy atom. The van der Waals surface area contributed by atoms with Crippen LogP contribution in [0, 0.1) is 6.85 Å². The third-order valence-corrected chi connectivity index (χ3v) is 3.32. The number of aryl methyl sites for hydroxylation is 2. The predicted molar refractivity (Wildman–Crippen MR) is 68.8 cm³/mol. The van der Waals surface area contributed by atoms with Crippen molar-refractivity contribution in [2.75, 3.05) is 5.73 Å². The molecule has 3 aromatic heterocycles. The molecule has 0 saturated carbocycles. The van der Waals surface area contributed by atoms with Crippen molar-refractivity contribution in [2.45, 2.75) is 6.85 Å². The molecule has 3 heterocycles. The van der Waals surface area contributed by atoms with Gasteiger partial charge in [0.05, 0.1) is 28.5 Å². The highest BCUT2D eigenvalue weighted by atomic mass is 32.1. The maximum absolute atomic E-state index is 7.57. The van der Waals surface area contributed by atoms with Gasteiger partial charge in [-0.1, -0.05) is 11.3 Å². The highest BCUT2D eigenvalue weighted by Crippen LogP contribution is 2.28. The molecular weight excluding hydrogens is 234 g/mol. The molecule has 0 amide bonds. The number of hydrogen-bond donors (Lipinski definition) is 1. The second kappa shape index (κ2) is 3.53. The van der Waals surface area contributed by atoms with Crippen LogP contribution in [0.2, 0.25) is 0 Å². The molecule has 0 unspecified atom stereocenters. The highest BCUT2D eigenvalue weighted by molar-refractivity contribution is 7.22. The van der Waals surface area contributed by atoms with Crippen molar-refractivity contribution < 1.29 is 4.11 Å². The molecule has 0 aliphatic rings. The van der Waals surface area contributed by atoms with Gasteiger partial charge in [-0.2, -0.15) is 5.10 Å². The minimum Gasteiger partial charge on any atom is -0.375 e. The van der Waals surface area contributed by atoms with Gasteiger partial charge in [-0.25, -0.2) is 4.98 Å². The van der Waals surface area contributed by atoms with Crippen LogP contribution in [0.15, 0.2) is 18.5 Å². The maximum atomic E-state index is 7.57. The van der Waals surface area contributed by atoms with Gasteiger partial charge in [-0.3, -0.25) is 9.67 Å². The minimum absolute atomic E-state index is 0.185. The molecule has 17 heavy (non-hydrogen) atoms. The minimum atomic E-state index is -2.23. The normalized spacial score (nSPS) is 14.5. The van der Waals surface area contributed by atoms with E-state index in [2.05, 4.69) is 15.1 Å². The summed E-state index contributed by atoms with van der Waals surface area (Å²) in [5.41, 5.74) is 7.58. The SMILES string of the molecule is [2H]C([2H])([2H])c1cnn(C)c1-c1cc2sc(N)nc2cn1. The summed E-state index contributed by atoms with van der Waals surface area (Å²) >= 11 is 1.34. The van der Waals surface area contributed by atoms with Gasteiger partial charge in [0.25, 0.3) is 0 Å². The summed E-state index contributed by atoms with van der Waals surface area (Å²) in [6.07, 6.45) is 2.95. The van der Waals surface area contributed by atoms with E-state index < -0.39 is 6.85 Å². The van der Waals surface area contributed by atoms with Crippen LogP contribution in [-0.2, 0) is 7.05 Å². The number of nitrogen functional groups attached to an aromatic ring is 1. The lowest BCUT2D eigenvalue weighted by atomic mass is 10.2. The lowest BCUT2D eigenvalue weighted by Gasteiger charge is -2.02. The highest BCUT2D eigenvalue weighted by Gasteiger charge is 2.11. The zero-order valence-corrected chi connectivity index (χ0v) is 9.82. The van der Waals surface area contributed by atoms with Gasteiger partial charge in [0.2, 0.25) is 0 Å². The Labute approximate surface area is 106 Å². The number of rotatable bonds is 1. The van der Waals surface area contributed by atoms with Crippen molar-refractivity contribution in [1.82, 2.24) is 19.7 Å². The van der Waals surface area contributed by atoms with Crippen molar-refractivity contribution in [3.8, 4) is 11.4 Å². The smallest absolute Gasteiger partial charge is 0.181 e. The topological polar surface area (TPSA) is 69.6 Å². The first kappa shape index (κ1) is 7.39. The maximum Gasteiger partial charge on any atom is 0.181 e. The van der Waals surface area contributed by atoms with Crippen LogP contribution in [-0.4, -0.2) is 19.7 Å². The van der Waals surface area contributed by atoms with E-state index in [1.165, 1.54) is 22.2 Å². The van der Waals surface area contributed by atoms with Gasteiger partial charge < -0.3 is 5.73 Å². The molecule has 0 aliphatic carbocycles. The van der Waals surface area contributed by atoms with E-state index in [0.717, 1.165) is 4.70 Å². The fourth-order valence-corrected chi connectivity index (χ4v) is 2.46. The summed E-state index contributed by atoms with van der Waals surface area (Å²) in [6.45, 7) is -2.23. The van der Waals surface area contributed by atoms with Crippen LogP contribution >= 0.6 is 11.3 Å². The first-order valence-corrected chi connectivity index (χ1v) is 5.73. The van der Waals surface area contributed by atoms with Crippen molar-refractivity contribution in [3.63, 3.8) is 0 Å². The average Bonchev–Trinajstić information content (AvgIpc) is 2.89. The summed E-state index contributed by atoms with van der Waals surface area (Å²) in [7, 11) is 1.69. The molecule has 6 heteroatoms. The Morgan fingerprint density at radius 1 is 1.47 bits per heavy atom. The summed E-state index contributed by atoms with van der Waals surface area (Å²) in [5, 5.41) is 4.48. The fraction of sp³-hybridized carbons (Fsp3) is 0.182. The van der Waals surface area contributed by atoms with E-state index in [-0.39, 0.29) is 5.56 Å². The number of anilines is 1. The monoisotopic (exact) mass is 248 g/mol. The van der Waals surface area contributed by atoms with Crippen LogP contribution in [0.25, 0.3) is 21.6 Å². The van der Waals surface area contributed by atoms with Crippen molar-refractivity contribution in [2.24, 2.45) is 7.05 Å². The molecule has 0 spiro atoms. The lowest BCUT2D eigenvalue weighted by Crippen LogP contribution is -1.96. The van der Waals surface area contributed by atoms with Crippen LogP contribution in [0.1, 0.15) is 9.68 Å². The number of nitrogens with two attached hydrogens (primary N) is 1. The standard InChI is InChI=1S/C11H11N5S/c1-6-4-14-16(2)10(6)7-3-9-8(5-13-7)15-11(12)17-9/h3-5H,1-2H3,(H2,12,15)/i1D3. The van der Waals surface area contributed by atoms with Crippen molar-refractivity contribution >= 4 is 26.7 Å². The number of pyridine rings is 1.